The van der Waals surface area contributed by atoms with E-state index in [1.807, 2.05) is 25.5 Å². The topological polar surface area (TPSA) is 12.0 Å². The van der Waals surface area contributed by atoms with Crippen molar-refractivity contribution in [2.24, 2.45) is 0 Å². The van der Waals surface area contributed by atoms with Crippen molar-refractivity contribution in [3.05, 3.63) is 35.8 Å². The van der Waals surface area contributed by atoms with E-state index in [-0.39, 0.29) is 0 Å². The molecular weight excluding hydrogens is 121 g/mol. The van der Waals surface area contributed by atoms with Gasteiger partial charge in [-0.1, -0.05) is 30.3 Å². The summed E-state index contributed by atoms with van der Waals surface area (Å²) in [5.41, 5.74) is 2.44. The Morgan fingerprint density at radius 1 is 1.20 bits per heavy atom. The summed E-state index contributed by atoms with van der Waals surface area (Å²) in [6.07, 6.45) is 2.09. The Kier molecular flexibility index (Phi) is 1.24. The number of fused-ring (bicyclic) bond motifs is 1. The van der Waals surface area contributed by atoms with Gasteiger partial charge < -0.3 is 5.23 Å². The van der Waals surface area contributed by atoms with Gasteiger partial charge in [0.25, 0.3) is 7.41 Å². The Morgan fingerprint density at radius 2 is 2.10 bits per heavy atom. The van der Waals surface area contributed by atoms with Gasteiger partial charge in [-0.3, -0.25) is 0 Å². The van der Waals surface area contributed by atoms with E-state index in [9.17, 15) is 0 Å². The van der Waals surface area contributed by atoms with Crippen LogP contribution in [-0.4, -0.2) is 7.41 Å². The summed E-state index contributed by atoms with van der Waals surface area (Å²) in [6.45, 7) is 0. The molecule has 0 saturated heterocycles. The van der Waals surface area contributed by atoms with Crippen molar-refractivity contribution in [3.8, 4) is 0 Å². The zero-order valence-corrected chi connectivity index (χ0v) is 5.54. The molecule has 0 aromatic heterocycles. The van der Waals surface area contributed by atoms with Gasteiger partial charge in [0.2, 0.25) is 0 Å². The molecule has 0 amide bonds. The third-order valence-corrected chi connectivity index (χ3v) is 1.57. The largest absolute Gasteiger partial charge is 0.428 e. The van der Waals surface area contributed by atoms with Crippen molar-refractivity contribution in [2.45, 2.75) is 0 Å². The lowest BCUT2D eigenvalue weighted by Crippen LogP contribution is -2.07. The smallest absolute Gasteiger partial charge is 0.274 e. The number of hydrogen-bond acceptors (Lipinski definition) is 1. The predicted molar refractivity (Wildman–Crippen MR) is 44.9 cm³/mol. The van der Waals surface area contributed by atoms with Gasteiger partial charge in [-0.15, -0.1) is 0 Å². The van der Waals surface area contributed by atoms with Crippen LogP contribution in [0, 0.1) is 0 Å². The maximum absolute atomic E-state index is 3.15. The highest BCUT2D eigenvalue weighted by atomic mass is 14.8. The van der Waals surface area contributed by atoms with Crippen LogP contribution in [0.1, 0.15) is 5.56 Å². The van der Waals surface area contributed by atoms with Crippen molar-refractivity contribution >= 4 is 19.2 Å². The molecule has 0 spiro atoms. The van der Waals surface area contributed by atoms with Crippen LogP contribution in [-0.2, 0) is 0 Å². The van der Waals surface area contributed by atoms with Gasteiger partial charge in [0.15, 0.2) is 0 Å². The van der Waals surface area contributed by atoms with E-state index in [1.54, 1.807) is 0 Å². The molecule has 2 heteroatoms. The number of benzene rings is 1. The van der Waals surface area contributed by atoms with Gasteiger partial charge >= 0.3 is 0 Å². The van der Waals surface area contributed by atoms with Crippen LogP contribution in [0.15, 0.2) is 30.2 Å². The Balaban J connectivity index is 2.54. The fraction of sp³-hybridized carbons (Fsp3) is 0. The molecule has 1 radical (unpaired) electrons. The molecule has 0 fully saturated rings. The van der Waals surface area contributed by atoms with Crippen LogP contribution < -0.4 is 5.23 Å². The monoisotopic (exact) mass is 128 g/mol. The van der Waals surface area contributed by atoms with Crippen LogP contribution in [0.4, 0.5) is 5.69 Å². The first kappa shape index (κ1) is 5.60. The molecular formula is C8H7BN. The molecule has 0 atom stereocenters. The van der Waals surface area contributed by atoms with Crippen LogP contribution >= 0.6 is 0 Å². The molecule has 0 unspecified atom stereocenters. The number of para-hydroxylation sites is 1. The average molecular weight is 128 g/mol. The molecule has 0 aliphatic carbocycles. The highest BCUT2D eigenvalue weighted by Gasteiger charge is 2.00. The summed E-state index contributed by atoms with van der Waals surface area (Å²) in [5.74, 6) is 2.00. The summed E-state index contributed by atoms with van der Waals surface area (Å²) in [5, 5.41) is 3.15. The van der Waals surface area contributed by atoms with Crippen LogP contribution in [0.2, 0.25) is 0 Å². The minimum absolute atomic E-state index is 1.19. The maximum Gasteiger partial charge on any atom is 0.274 e. The van der Waals surface area contributed by atoms with Crippen molar-refractivity contribution in [3.63, 3.8) is 0 Å². The molecule has 1 aromatic carbocycles. The van der Waals surface area contributed by atoms with E-state index < -0.39 is 0 Å². The zero-order valence-electron chi connectivity index (χ0n) is 5.54. The summed E-state index contributed by atoms with van der Waals surface area (Å²) in [6, 6.07) is 8.22. The zero-order chi connectivity index (χ0) is 6.81. The minimum atomic E-state index is 1.19. The van der Waals surface area contributed by atoms with Gasteiger partial charge in [-0.2, -0.15) is 0 Å². The average Bonchev–Trinajstić information content (AvgIpc) is 2.05. The van der Waals surface area contributed by atoms with Crippen molar-refractivity contribution in [1.29, 1.82) is 0 Å². The Bertz CT molecular complexity index is 268. The van der Waals surface area contributed by atoms with Crippen molar-refractivity contribution < 1.29 is 0 Å². The Hall–Kier alpha value is -1.18. The molecule has 1 aliphatic heterocycles. The molecule has 1 heterocycles. The predicted octanol–water partition coefficient (Wildman–Crippen LogP) is 1.70. The van der Waals surface area contributed by atoms with E-state index >= 15 is 0 Å². The van der Waals surface area contributed by atoms with Crippen LogP contribution in [0.3, 0.4) is 0 Å². The minimum Gasteiger partial charge on any atom is -0.428 e. The first-order valence-electron chi connectivity index (χ1n) is 3.32. The molecule has 0 bridgehead atoms. The van der Waals surface area contributed by atoms with Gasteiger partial charge in [-0.25, -0.2) is 0 Å². The van der Waals surface area contributed by atoms with E-state index in [0.717, 1.165) is 0 Å². The highest BCUT2D eigenvalue weighted by Crippen LogP contribution is 2.18. The Labute approximate surface area is 61.0 Å². The lowest BCUT2D eigenvalue weighted by Gasteiger charge is -2.10. The molecule has 2 rings (SSSR count). The summed E-state index contributed by atoms with van der Waals surface area (Å²) < 4.78 is 0. The standard InChI is InChI=1S/C8H7BN/c1-2-4-8-7(3-1)5-6-9-10-8/h1-6,10H. The third-order valence-electron chi connectivity index (χ3n) is 1.57. The van der Waals surface area contributed by atoms with Crippen LogP contribution in [0.5, 0.6) is 0 Å². The first-order chi connectivity index (χ1) is 4.97. The van der Waals surface area contributed by atoms with Crippen LogP contribution in [0.25, 0.3) is 6.08 Å². The SMILES string of the molecule is [B]1C=Cc2ccccc2N1. The second kappa shape index (κ2) is 2.22. The molecule has 47 valence electrons. The van der Waals surface area contributed by atoms with Gasteiger partial charge in [-0.05, 0) is 11.6 Å². The lowest BCUT2D eigenvalue weighted by atomic mass is 9.88. The maximum atomic E-state index is 3.15. The molecule has 10 heavy (non-hydrogen) atoms. The van der Waals surface area contributed by atoms with E-state index in [0.29, 0.717) is 0 Å². The molecule has 0 saturated carbocycles. The fourth-order valence-electron chi connectivity index (χ4n) is 1.06. The Morgan fingerprint density at radius 3 is 3.00 bits per heavy atom. The molecule has 1 N–H and O–H groups in total. The second-order valence-corrected chi connectivity index (χ2v) is 2.26. The van der Waals surface area contributed by atoms with Gasteiger partial charge in [0.05, 0.1) is 0 Å². The van der Waals surface area contributed by atoms with E-state index in [2.05, 4.69) is 23.4 Å². The summed E-state index contributed by atoms with van der Waals surface area (Å²) in [4.78, 5) is 0. The summed E-state index contributed by atoms with van der Waals surface area (Å²) in [7, 11) is 1.93. The highest BCUT2D eigenvalue weighted by molar-refractivity contribution is 6.48. The quantitative estimate of drug-likeness (QED) is 0.524. The van der Waals surface area contributed by atoms with Gasteiger partial charge in [0.1, 0.15) is 0 Å². The third kappa shape index (κ3) is 0.818. The molecule has 1 aliphatic rings. The van der Waals surface area contributed by atoms with E-state index in [1.165, 1.54) is 11.3 Å². The van der Waals surface area contributed by atoms with Crippen molar-refractivity contribution in [2.75, 3.05) is 5.23 Å². The van der Waals surface area contributed by atoms with Gasteiger partial charge in [0, 0.05) is 5.69 Å². The number of rotatable bonds is 0. The number of anilines is 1. The normalized spacial score (nSPS) is 13.2. The van der Waals surface area contributed by atoms with E-state index in [4.69, 9.17) is 0 Å². The number of nitrogens with one attached hydrogen (secondary N) is 1. The summed E-state index contributed by atoms with van der Waals surface area (Å²) >= 11 is 0. The fourth-order valence-corrected chi connectivity index (χ4v) is 1.06. The lowest BCUT2D eigenvalue weighted by molar-refractivity contribution is 1.61. The number of hydrogen-bond donors (Lipinski definition) is 1. The molecule has 1 aromatic rings. The second-order valence-electron chi connectivity index (χ2n) is 2.26. The molecule has 1 nitrogen and oxygen atoms in total. The van der Waals surface area contributed by atoms with Crippen molar-refractivity contribution in [1.82, 2.24) is 0 Å². The first-order valence-corrected chi connectivity index (χ1v) is 3.32.